The fourth-order valence-corrected chi connectivity index (χ4v) is 8.68. The molecule has 0 unspecified atom stereocenters. The Morgan fingerprint density at radius 3 is 1.49 bits per heavy atom. The minimum atomic E-state index is 0.588. The summed E-state index contributed by atoms with van der Waals surface area (Å²) < 4.78 is 6.52. The first-order chi connectivity index (χ1) is 29.2. The molecular weight excluding hydrogens is 721 g/mol. The van der Waals surface area contributed by atoms with Crippen LogP contribution in [-0.4, -0.2) is 19.9 Å². The highest BCUT2D eigenvalue weighted by Crippen LogP contribution is 2.40. The number of para-hydroxylation sites is 2. The van der Waals surface area contributed by atoms with Crippen LogP contribution in [0.15, 0.2) is 199 Å². The third-order valence-corrected chi connectivity index (χ3v) is 11.5. The summed E-state index contributed by atoms with van der Waals surface area (Å²) in [7, 11) is 0. The maximum Gasteiger partial charge on any atom is 0.164 e. The predicted octanol–water partition coefficient (Wildman–Crippen LogP) is 14.1. The molecule has 0 saturated heterocycles. The predicted molar refractivity (Wildman–Crippen MR) is 242 cm³/mol. The van der Waals surface area contributed by atoms with Crippen molar-refractivity contribution in [3.63, 3.8) is 0 Å². The molecule has 0 aliphatic rings. The van der Waals surface area contributed by atoms with Crippen LogP contribution in [0.3, 0.4) is 0 Å². The SMILES string of the molecule is c1ccc(-c2cccc(-c3nc(-c4ccc(-c5nc6ccccc6c6c5oc5ccccc56)cc4)nc(-c4ccc5c6ccccc6c6ccccc6c5c4)n3)c2)cc1. The van der Waals surface area contributed by atoms with E-state index in [0.717, 1.165) is 77.3 Å². The van der Waals surface area contributed by atoms with Crippen molar-refractivity contribution < 1.29 is 4.42 Å². The van der Waals surface area contributed by atoms with Gasteiger partial charge in [-0.05, 0) is 67.7 Å². The third-order valence-electron chi connectivity index (χ3n) is 11.5. The van der Waals surface area contributed by atoms with Gasteiger partial charge in [-0.25, -0.2) is 19.9 Å². The van der Waals surface area contributed by atoms with Crippen LogP contribution in [-0.2, 0) is 0 Å². The van der Waals surface area contributed by atoms with Gasteiger partial charge in [0.15, 0.2) is 23.1 Å². The van der Waals surface area contributed by atoms with E-state index in [-0.39, 0.29) is 0 Å². The Balaban J connectivity index is 1.03. The van der Waals surface area contributed by atoms with Crippen molar-refractivity contribution >= 4 is 65.2 Å². The maximum absolute atomic E-state index is 6.52. The first-order valence-corrected chi connectivity index (χ1v) is 19.8. The normalized spacial score (nSPS) is 11.7. The topological polar surface area (TPSA) is 64.7 Å². The molecule has 3 heterocycles. The smallest absolute Gasteiger partial charge is 0.164 e. The van der Waals surface area contributed by atoms with Crippen LogP contribution in [0, 0.1) is 0 Å². The van der Waals surface area contributed by atoms with Gasteiger partial charge in [-0.1, -0.05) is 170 Å². The lowest BCUT2D eigenvalue weighted by Gasteiger charge is -2.13. The average Bonchev–Trinajstić information content (AvgIpc) is 3.72. The van der Waals surface area contributed by atoms with Crippen molar-refractivity contribution in [3.05, 3.63) is 194 Å². The number of benzene rings is 9. The first-order valence-electron chi connectivity index (χ1n) is 19.8. The minimum Gasteiger partial charge on any atom is -0.454 e. The van der Waals surface area contributed by atoms with Crippen molar-refractivity contribution in [1.82, 2.24) is 19.9 Å². The van der Waals surface area contributed by atoms with Crippen molar-refractivity contribution in [2.45, 2.75) is 0 Å². The van der Waals surface area contributed by atoms with E-state index in [1.165, 1.54) is 26.9 Å². The lowest BCUT2D eigenvalue weighted by atomic mass is 9.93. The Bertz CT molecular complexity index is 3580. The van der Waals surface area contributed by atoms with E-state index >= 15 is 0 Å². The zero-order valence-electron chi connectivity index (χ0n) is 31.7. The van der Waals surface area contributed by atoms with Gasteiger partial charge in [0, 0.05) is 38.4 Å². The fraction of sp³-hybridized carbons (Fsp3) is 0. The van der Waals surface area contributed by atoms with Crippen LogP contribution in [0.25, 0.3) is 122 Å². The van der Waals surface area contributed by atoms with Gasteiger partial charge < -0.3 is 4.42 Å². The molecule has 12 rings (SSSR count). The third kappa shape index (κ3) is 5.47. The zero-order chi connectivity index (χ0) is 38.9. The van der Waals surface area contributed by atoms with Crippen molar-refractivity contribution in [2.75, 3.05) is 0 Å². The van der Waals surface area contributed by atoms with Crippen LogP contribution in [0.2, 0.25) is 0 Å². The molecule has 12 aromatic rings. The molecular formula is C54H32N4O. The number of hydrogen-bond donors (Lipinski definition) is 0. The minimum absolute atomic E-state index is 0.588. The molecule has 0 amide bonds. The second kappa shape index (κ2) is 13.3. The molecule has 3 aromatic heterocycles. The molecule has 274 valence electrons. The molecule has 0 radical (unpaired) electrons. The Morgan fingerprint density at radius 1 is 0.288 bits per heavy atom. The zero-order valence-corrected chi connectivity index (χ0v) is 31.7. The Labute approximate surface area is 338 Å². The van der Waals surface area contributed by atoms with E-state index < -0.39 is 0 Å². The summed E-state index contributed by atoms with van der Waals surface area (Å²) in [4.78, 5) is 20.7. The molecule has 0 spiro atoms. The molecule has 5 nitrogen and oxygen atoms in total. The van der Waals surface area contributed by atoms with Crippen LogP contribution >= 0.6 is 0 Å². The highest BCUT2D eigenvalue weighted by molar-refractivity contribution is 6.26. The summed E-state index contributed by atoms with van der Waals surface area (Å²) in [5, 5.41) is 10.5. The fourth-order valence-electron chi connectivity index (χ4n) is 8.68. The van der Waals surface area contributed by atoms with E-state index in [9.17, 15) is 0 Å². The number of furan rings is 1. The lowest BCUT2D eigenvalue weighted by molar-refractivity contribution is 0.669. The second-order valence-corrected chi connectivity index (χ2v) is 15.0. The van der Waals surface area contributed by atoms with Gasteiger partial charge in [0.25, 0.3) is 0 Å². The molecule has 5 heteroatoms. The van der Waals surface area contributed by atoms with Gasteiger partial charge >= 0.3 is 0 Å². The Morgan fingerprint density at radius 2 is 0.780 bits per heavy atom. The largest absolute Gasteiger partial charge is 0.454 e. The number of pyridine rings is 1. The summed E-state index contributed by atoms with van der Waals surface area (Å²) >= 11 is 0. The lowest BCUT2D eigenvalue weighted by Crippen LogP contribution is -2.00. The van der Waals surface area contributed by atoms with Crippen LogP contribution < -0.4 is 0 Å². The summed E-state index contributed by atoms with van der Waals surface area (Å²) in [6, 6.07) is 67.5. The molecule has 0 bridgehead atoms. The van der Waals surface area contributed by atoms with Gasteiger partial charge in [-0.2, -0.15) is 0 Å². The van der Waals surface area contributed by atoms with Gasteiger partial charge in [0.05, 0.1) is 5.52 Å². The van der Waals surface area contributed by atoms with Gasteiger partial charge in [-0.3, -0.25) is 0 Å². The standard InChI is InChI=1S/C54H32N4O/c1-2-13-33(14-3-1)36-15-12-16-37(31-36)53-56-52(57-54(58-53)38-29-30-43-41-19-5-4-17-39(41)40-18-6-7-20-42(40)46(43)32-38)35-27-25-34(26-28-35)50-51-49(44-21-8-10-23-47(44)55-50)45-22-9-11-24-48(45)59-51/h1-32H. The highest BCUT2D eigenvalue weighted by atomic mass is 16.3. The van der Waals surface area contributed by atoms with Crippen molar-refractivity contribution in [1.29, 1.82) is 0 Å². The maximum atomic E-state index is 6.52. The van der Waals surface area contributed by atoms with Gasteiger partial charge in [-0.15, -0.1) is 0 Å². The van der Waals surface area contributed by atoms with E-state index in [4.69, 9.17) is 24.4 Å². The number of rotatable bonds is 5. The van der Waals surface area contributed by atoms with Crippen molar-refractivity contribution in [2.24, 2.45) is 0 Å². The number of hydrogen-bond acceptors (Lipinski definition) is 5. The van der Waals surface area contributed by atoms with Crippen LogP contribution in [0.1, 0.15) is 0 Å². The highest BCUT2D eigenvalue weighted by Gasteiger charge is 2.19. The van der Waals surface area contributed by atoms with Gasteiger partial charge in [0.1, 0.15) is 11.3 Å². The second-order valence-electron chi connectivity index (χ2n) is 15.0. The Hall–Kier alpha value is -8.02. The monoisotopic (exact) mass is 752 g/mol. The molecule has 0 N–H and O–H groups in total. The molecule has 0 aliphatic carbocycles. The Kier molecular flexibility index (Phi) is 7.47. The van der Waals surface area contributed by atoms with E-state index in [1.807, 2.05) is 24.3 Å². The number of fused-ring (bicyclic) bond motifs is 11. The van der Waals surface area contributed by atoms with Crippen LogP contribution in [0.5, 0.6) is 0 Å². The van der Waals surface area contributed by atoms with Gasteiger partial charge in [0.2, 0.25) is 0 Å². The quantitative estimate of drug-likeness (QED) is 0.164. The van der Waals surface area contributed by atoms with E-state index in [2.05, 4.69) is 170 Å². The molecule has 59 heavy (non-hydrogen) atoms. The summed E-state index contributed by atoms with van der Waals surface area (Å²) in [5.74, 6) is 1.81. The van der Waals surface area contributed by atoms with E-state index in [0.29, 0.717) is 17.5 Å². The number of nitrogens with zero attached hydrogens (tertiary/aromatic N) is 4. The molecule has 9 aromatic carbocycles. The average molecular weight is 753 g/mol. The molecule has 0 atom stereocenters. The first kappa shape index (κ1) is 33.2. The van der Waals surface area contributed by atoms with E-state index in [1.54, 1.807) is 0 Å². The molecule has 0 aliphatic heterocycles. The summed E-state index contributed by atoms with van der Waals surface area (Å²) in [6.45, 7) is 0. The molecule has 0 fully saturated rings. The van der Waals surface area contributed by atoms with Crippen molar-refractivity contribution in [3.8, 4) is 56.5 Å². The van der Waals surface area contributed by atoms with Crippen LogP contribution in [0.4, 0.5) is 0 Å². The summed E-state index contributed by atoms with van der Waals surface area (Å²) in [6.07, 6.45) is 0. The summed E-state index contributed by atoms with van der Waals surface area (Å²) in [5.41, 5.74) is 9.22. The molecule has 0 saturated carbocycles. The number of aromatic nitrogens is 4.